The van der Waals surface area contributed by atoms with Crippen LogP contribution in [0.2, 0.25) is 5.02 Å². The molecule has 0 aromatic heterocycles. The first-order chi connectivity index (χ1) is 8.52. The van der Waals surface area contributed by atoms with Gasteiger partial charge in [-0.05, 0) is 38.2 Å². The Kier molecular flexibility index (Phi) is 4.15. The average Bonchev–Trinajstić information content (AvgIpc) is 2.71. The third-order valence-electron chi connectivity index (χ3n) is 3.79. The molecule has 3 nitrogen and oxygen atoms in total. The Hall–Kier alpha value is -0.770. The molecule has 100 valence electrons. The first-order valence-electron chi connectivity index (χ1n) is 6.33. The van der Waals surface area contributed by atoms with Gasteiger partial charge < -0.3 is 14.9 Å². The molecule has 1 N–H and O–H groups in total. The van der Waals surface area contributed by atoms with Gasteiger partial charge in [0.1, 0.15) is 0 Å². The molecule has 1 aliphatic heterocycles. The molecule has 18 heavy (non-hydrogen) atoms. The smallest absolute Gasteiger partial charge is 0.0702 e. The Morgan fingerprint density at radius 3 is 2.67 bits per heavy atom. The number of hydrogen-bond acceptors (Lipinski definition) is 3. The van der Waals surface area contributed by atoms with E-state index < -0.39 is 0 Å². The third-order valence-corrected chi connectivity index (χ3v) is 4.02. The number of hydrogen-bond donors (Lipinski definition) is 1. The predicted octanol–water partition coefficient (Wildman–Crippen LogP) is 2.22. The number of aliphatic hydroxyl groups excluding tert-OH is 1. The molecule has 2 rings (SSSR count). The van der Waals surface area contributed by atoms with Gasteiger partial charge in [-0.1, -0.05) is 18.5 Å². The van der Waals surface area contributed by atoms with Crippen LogP contribution < -0.4 is 4.90 Å². The molecule has 2 atom stereocenters. The summed E-state index contributed by atoms with van der Waals surface area (Å²) in [6.07, 6.45) is 0. The van der Waals surface area contributed by atoms with E-state index >= 15 is 0 Å². The van der Waals surface area contributed by atoms with Crippen molar-refractivity contribution in [1.82, 2.24) is 4.90 Å². The summed E-state index contributed by atoms with van der Waals surface area (Å²) in [5.41, 5.74) is 2.02. The fourth-order valence-electron chi connectivity index (χ4n) is 2.81. The number of benzene rings is 1. The van der Waals surface area contributed by atoms with E-state index in [1.807, 2.05) is 18.2 Å². The third kappa shape index (κ3) is 2.63. The highest BCUT2D eigenvalue weighted by molar-refractivity contribution is 6.30. The number of aliphatic hydroxyl groups is 1. The van der Waals surface area contributed by atoms with E-state index in [0.29, 0.717) is 17.0 Å². The van der Waals surface area contributed by atoms with E-state index in [2.05, 4.69) is 30.8 Å². The molecule has 0 spiro atoms. The summed E-state index contributed by atoms with van der Waals surface area (Å²) < 4.78 is 0. The lowest BCUT2D eigenvalue weighted by molar-refractivity contribution is 0.266. The van der Waals surface area contributed by atoms with Gasteiger partial charge in [0.25, 0.3) is 0 Å². The topological polar surface area (TPSA) is 26.7 Å². The highest BCUT2D eigenvalue weighted by atomic mass is 35.5. The van der Waals surface area contributed by atoms with Crippen molar-refractivity contribution in [3.63, 3.8) is 0 Å². The van der Waals surface area contributed by atoms with Gasteiger partial charge in [-0.2, -0.15) is 0 Å². The van der Waals surface area contributed by atoms with Crippen LogP contribution in [-0.4, -0.2) is 43.2 Å². The molecule has 0 amide bonds. The minimum absolute atomic E-state index is 0.0351. The maximum absolute atomic E-state index is 9.45. The number of halogens is 1. The lowest BCUT2D eigenvalue weighted by Crippen LogP contribution is -2.34. The van der Waals surface area contributed by atoms with Crippen LogP contribution in [0.25, 0.3) is 0 Å². The Bertz CT molecular complexity index is 422. The predicted molar refractivity (Wildman–Crippen MR) is 76.2 cm³/mol. The zero-order valence-corrected chi connectivity index (χ0v) is 12.0. The molecule has 1 heterocycles. The standard InChI is InChI=1S/C14H21ClN2O/c1-10-7-17(8-14(10)16(2)3)13-5-4-12(15)6-11(13)9-18/h4-6,10,14,18H,7-9H2,1-3H3. The van der Waals surface area contributed by atoms with Crippen molar-refractivity contribution in [2.45, 2.75) is 19.6 Å². The van der Waals surface area contributed by atoms with Gasteiger partial charge in [-0.25, -0.2) is 0 Å². The van der Waals surface area contributed by atoms with Crippen LogP contribution in [0, 0.1) is 5.92 Å². The number of anilines is 1. The molecule has 1 saturated heterocycles. The largest absolute Gasteiger partial charge is 0.392 e. The molecule has 1 fully saturated rings. The summed E-state index contributed by atoms with van der Waals surface area (Å²) in [5.74, 6) is 0.627. The van der Waals surface area contributed by atoms with Gasteiger partial charge in [0.15, 0.2) is 0 Å². The zero-order valence-electron chi connectivity index (χ0n) is 11.2. The van der Waals surface area contributed by atoms with Crippen molar-refractivity contribution in [1.29, 1.82) is 0 Å². The molecule has 4 heteroatoms. The molecule has 2 unspecified atom stereocenters. The van der Waals surface area contributed by atoms with Crippen molar-refractivity contribution in [3.05, 3.63) is 28.8 Å². The molecule has 1 aliphatic rings. The van der Waals surface area contributed by atoms with Gasteiger partial charge in [0.05, 0.1) is 6.61 Å². The first kappa shape index (κ1) is 13.7. The normalized spacial score (nSPS) is 24.0. The van der Waals surface area contributed by atoms with Crippen molar-refractivity contribution in [2.24, 2.45) is 5.92 Å². The fourth-order valence-corrected chi connectivity index (χ4v) is 3.00. The van der Waals surface area contributed by atoms with Gasteiger partial charge in [0, 0.05) is 35.4 Å². The number of nitrogens with zero attached hydrogens (tertiary/aromatic N) is 2. The molecule has 0 bridgehead atoms. The van der Waals surface area contributed by atoms with Gasteiger partial charge in [-0.15, -0.1) is 0 Å². The summed E-state index contributed by atoms with van der Waals surface area (Å²) in [6, 6.07) is 6.32. The molecule has 1 aromatic rings. The van der Waals surface area contributed by atoms with Crippen molar-refractivity contribution < 1.29 is 5.11 Å². The fraction of sp³-hybridized carbons (Fsp3) is 0.571. The van der Waals surface area contributed by atoms with Crippen LogP contribution in [0.3, 0.4) is 0 Å². The molecule has 0 radical (unpaired) electrons. The van der Waals surface area contributed by atoms with Crippen LogP contribution in [0.15, 0.2) is 18.2 Å². The van der Waals surface area contributed by atoms with Gasteiger partial charge >= 0.3 is 0 Å². The van der Waals surface area contributed by atoms with Crippen LogP contribution in [0.1, 0.15) is 12.5 Å². The highest BCUT2D eigenvalue weighted by Crippen LogP contribution is 2.30. The maximum Gasteiger partial charge on any atom is 0.0702 e. The lowest BCUT2D eigenvalue weighted by Gasteiger charge is -2.24. The summed E-state index contributed by atoms with van der Waals surface area (Å²) in [6.45, 7) is 4.34. The highest BCUT2D eigenvalue weighted by Gasteiger charge is 2.31. The molecule has 0 aliphatic carbocycles. The van der Waals surface area contributed by atoms with Crippen LogP contribution >= 0.6 is 11.6 Å². The zero-order chi connectivity index (χ0) is 13.3. The summed E-state index contributed by atoms with van der Waals surface area (Å²) in [5, 5.41) is 10.1. The van der Waals surface area contributed by atoms with E-state index in [0.717, 1.165) is 24.3 Å². The molecular formula is C14H21ClN2O. The lowest BCUT2D eigenvalue weighted by atomic mass is 10.1. The van der Waals surface area contributed by atoms with Gasteiger partial charge in [-0.3, -0.25) is 0 Å². The Morgan fingerprint density at radius 1 is 1.39 bits per heavy atom. The molecule has 1 aromatic carbocycles. The maximum atomic E-state index is 9.45. The summed E-state index contributed by atoms with van der Waals surface area (Å²) >= 11 is 5.97. The van der Waals surface area contributed by atoms with Crippen molar-refractivity contribution >= 4 is 17.3 Å². The van der Waals surface area contributed by atoms with Crippen molar-refractivity contribution in [3.8, 4) is 0 Å². The van der Waals surface area contributed by atoms with E-state index in [-0.39, 0.29) is 6.61 Å². The van der Waals surface area contributed by atoms with E-state index in [9.17, 15) is 5.11 Å². The monoisotopic (exact) mass is 268 g/mol. The molecular weight excluding hydrogens is 248 g/mol. The Balaban J connectivity index is 2.23. The summed E-state index contributed by atoms with van der Waals surface area (Å²) in [4.78, 5) is 4.62. The Labute approximate surface area is 114 Å². The van der Waals surface area contributed by atoms with E-state index in [1.165, 1.54) is 0 Å². The SMILES string of the molecule is CC1CN(c2ccc(Cl)cc2CO)CC1N(C)C. The van der Waals surface area contributed by atoms with E-state index in [1.54, 1.807) is 0 Å². The van der Waals surface area contributed by atoms with Crippen LogP contribution in [0.5, 0.6) is 0 Å². The quantitative estimate of drug-likeness (QED) is 0.911. The number of rotatable bonds is 3. The molecule has 0 saturated carbocycles. The first-order valence-corrected chi connectivity index (χ1v) is 6.71. The average molecular weight is 269 g/mol. The van der Waals surface area contributed by atoms with E-state index in [4.69, 9.17) is 11.6 Å². The number of likely N-dealkylation sites (N-methyl/N-ethyl adjacent to an activating group) is 1. The van der Waals surface area contributed by atoms with Crippen molar-refractivity contribution in [2.75, 3.05) is 32.1 Å². The van der Waals surface area contributed by atoms with Crippen LogP contribution in [0.4, 0.5) is 5.69 Å². The Morgan fingerprint density at radius 2 is 2.11 bits per heavy atom. The van der Waals surface area contributed by atoms with Crippen LogP contribution in [-0.2, 0) is 6.61 Å². The second-order valence-corrected chi connectivity index (χ2v) is 5.78. The second kappa shape index (κ2) is 5.47. The summed E-state index contributed by atoms with van der Waals surface area (Å²) in [7, 11) is 4.25. The second-order valence-electron chi connectivity index (χ2n) is 5.34. The minimum Gasteiger partial charge on any atom is -0.392 e. The minimum atomic E-state index is 0.0351. The van der Waals surface area contributed by atoms with Gasteiger partial charge in [0.2, 0.25) is 0 Å².